The number of hydrogen-bond donors (Lipinski definition) is 0. The Labute approximate surface area is 258 Å². The normalized spacial score (nSPS) is 27.2. The van der Waals surface area contributed by atoms with Crippen LogP contribution in [0.25, 0.3) is 0 Å². The predicted octanol–water partition coefficient (Wildman–Crippen LogP) is 6.37. The van der Waals surface area contributed by atoms with Crippen molar-refractivity contribution in [3.8, 4) is 11.5 Å². The molecule has 2 aliphatic carbocycles. The summed E-state index contributed by atoms with van der Waals surface area (Å²) in [5.41, 5.74) is 3.98. The van der Waals surface area contributed by atoms with Crippen LogP contribution in [0.3, 0.4) is 0 Å². The highest BCUT2D eigenvalue weighted by Crippen LogP contribution is 2.64. The molecule has 2 aromatic carbocycles. The van der Waals surface area contributed by atoms with Gasteiger partial charge in [0.1, 0.15) is 11.9 Å². The molecule has 232 valence electrons. The maximum Gasteiger partial charge on any atom is 0.308 e. The average Bonchev–Trinajstić information content (AvgIpc) is 3.32. The number of rotatable bonds is 13. The largest absolute Gasteiger partial charge is 0.484 e. The molecule has 2 aromatic rings. The number of carbonyl (C=O) groups is 2. The number of ketones is 1. The molecule has 43 heavy (non-hydrogen) atoms. The van der Waals surface area contributed by atoms with Crippen molar-refractivity contribution in [1.82, 2.24) is 9.80 Å². The first-order valence-corrected chi connectivity index (χ1v) is 16.8. The highest BCUT2D eigenvalue weighted by Gasteiger charge is 2.66. The Bertz CT molecular complexity index is 1310. The van der Waals surface area contributed by atoms with Crippen molar-refractivity contribution >= 4 is 11.8 Å². The third kappa shape index (κ3) is 5.90. The van der Waals surface area contributed by atoms with Crippen LogP contribution in [0.2, 0.25) is 0 Å². The molecule has 0 unspecified atom stereocenters. The molecule has 1 saturated heterocycles. The first-order chi connectivity index (χ1) is 20.8. The van der Waals surface area contributed by atoms with Gasteiger partial charge < -0.3 is 9.47 Å². The maximum absolute atomic E-state index is 12.3. The fourth-order valence-electron chi connectivity index (χ4n) is 9.18. The van der Waals surface area contributed by atoms with Crippen molar-refractivity contribution in [3.05, 3.63) is 59.2 Å². The Morgan fingerprint density at radius 2 is 1.84 bits per heavy atom. The second-order valence-corrected chi connectivity index (χ2v) is 14.1. The Morgan fingerprint density at radius 3 is 2.58 bits per heavy atom. The van der Waals surface area contributed by atoms with Crippen LogP contribution in [-0.4, -0.2) is 65.9 Å². The summed E-state index contributed by atoms with van der Waals surface area (Å²) >= 11 is 0. The summed E-state index contributed by atoms with van der Waals surface area (Å²) in [6.45, 7) is 11.4. The number of unbranched alkanes of at least 4 members (excludes halogenated alkanes) is 3. The molecule has 0 aromatic heterocycles. The molecule has 5 atom stereocenters. The summed E-state index contributed by atoms with van der Waals surface area (Å²) < 4.78 is 12.8. The molecule has 1 spiro atoms. The number of ether oxygens (including phenoxy) is 2. The molecule has 6 nitrogen and oxygen atoms in total. The van der Waals surface area contributed by atoms with Gasteiger partial charge in [0, 0.05) is 36.5 Å². The van der Waals surface area contributed by atoms with Gasteiger partial charge in [-0.3, -0.25) is 19.4 Å². The number of benzene rings is 2. The Morgan fingerprint density at radius 1 is 1.05 bits per heavy atom. The second-order valence-electron chi connectivity index (χ2n) is 14.1. The van der Waals surface area contributed by atoms with E-state index >= 15 is 0 Å². The van der Waals surface area contributed by atoms with Crippen LogP contribution in [-0.2, 0) is 27.8 Å². The first kappa shape index (κ1) is 30.3. The molecule has 2 aliphatic heterocycles. The minimum absolute atomic E-state index is 0.0378. The quantitative estimate of drug-likeness (QED) is 0.154. The average molecular weight is 587 g/mol. The van der Waals surface area contributed by atoms with Crippen molar-refractivity contribution in [3.63, 3.8) is 0 Å². The molecule has 6 rings (SSSR count). The van der Waals surface area contributed by atoms with Crippen LogP contribution < -0.4 is 9.47 Å². The van der Waals surface area contributed by atoms with Gasteiger partial charge in [0.25, 0.3) is 0 Å². The molecule has 0 N–H and O–H groups in total. The fourth-order valence-corrected chi connectivity index (χ4v) is 9.18. The first-order valence-electron chi connectivity index (χ1n) is 16.8. The lowest BCUT2D eigenvalue weighted by molar-refractivity contribution is -0.132. The zero-order chi connectivity index (χ0) is 30.1. The smallest absolute Gasteiger partial charge is 0.308 e. The third-order valence-electron chi connectivity index (χ3n) is 10.6. The summed E-state index contributed by atoms with van der Waals surface area (Å²) in [5.74, 6) is 2.35. The van der Waals surface area contributed by atoms with E-state index < -0.39 is 0 Å². The number of aryl methyl sites for hydroxylation is 1. The van der Waals surface area contributed by atoms with Gasteiger partial charge in [0.15, 0.2) is 11.5 Å². The van der Waals surface area contributed by atoms with Crippen LogP contribution in [0.4, 0.5) is 0 Å². The van der Waals surface area contributed by atoms with Gasteiger partial charge in [-0.25, -0.2) is 0 Å². The van der Waals surface area contributed by atoms with E-state index in [4.69, 9.17) is 9.47 Å². The summed E-state index contributed by atoms with van der Waals surface area (Å²) in [4.78, 5) is 29.6. The van der Waals surface area contributed by atoms with Crippen molar-refractivity contribution in [2.45, 2.75) is 109 Å². The Hall–Kier alpha value is -2.70. The zero-order valence-corrected chi connectivity index (χ0v) is 26.6. The highest BCUT2D eigenvalue weighted by molar-refractivity contribution is 5.78. The van der Waals surface area contributed by atoms with Crippen molar-refractivity contribution < 1.29 is 19.1 Å². The fraction of sp³-hybridized carbons (Fsp3) is 0.622. The van der Waals surface area contributed by atoms with E-state index in [1.54, 1.807) is 6.92 Å². The molecule has 6 heteroatoms. The minimum atomic E-state index is -0.307. The highest BCUT2D eigenvalue weighted by atomic mass is 16.6. The number of piperidine rings is 1. The Kier molecular flexibility index (Phi) is 8.98. The summed E-state index contributed by atoms with van der Waals surface area (Å²) in [6.07, 6.45) is 10.3. The molecular weight excluding hydrogens is 536 g/mol. The van der Waals surface area contributed by atoms with Gasteiger partial charge in [-0.05, 0) is 94.0 Å². The van der Waals surface area contributed by atoms with Crippen molar-refractivity contribution in [1.29, 1.82) is 0 Å². The number of Topliss-reactive ketones (excluding diaryl/α,β-unsaturated/α-hetero) is 1. The number of esters is 1. The molecular formula is C37H50N2O4. The number of likely N-dealkylation sites (tertiary alicyclic amines) is 1. The van der Waals surface area contributed by atoms with E-state index in [0.29, 0.717) is 36.2 Å². The van der Waals surface area contributed by atoms with Gasteiger partial charge in [-0.15, -0.1) is 0 Å². The molecule has 4 aliphatic rings. The topological polar surface area (TPSA) is 59.1 Å². The van der Waals surface area contributed by atoms with E-state index in [9.17, 15) is 9.59 Å². The van der Waals surface area contributed by atoms with Crippen molar-refractivity contribution in [2.75, 3.05) is 26.2 Å². The minimum Gasteiger partial charge on any atom is -0.484 e. The van der Waals surface area contributed by atoms with Gasteiger partial charge in [-0.1, -0.05) is 63.1 Å². The van der Waals surface area contributed by atoms with E-state index in [1.807, 2.05) is 6.07 Å². The van der Waals surface area contributed by atoms with E-state index in [-0.39, 0.29) is 23.3 Å². The third-order valence-corrected chi connectivity index (χ3v) is 10.6. The molecule has 2 fully saturated rings. The lowest BCUT2D eigenvalue weighted by Gasteiger charge is -2.60. The molecule has 1 saturated carbocycles. The number of carbonyl (C=O) groups excluding carboxylic acids is 2. The monoisotopic (exact) mass is 586 g/mol. The van der Waals surface area contributed by atoms with Crippen molar-refractivity contribution in [2.24, 2.45) is 11.8 Å². The van der Waals surface area contributed by atoms with Crippen LogP contribution >= 0.6 is 0 Å². The Balaban J connectivity index is 1.24. The van der Waals surface area contributed by atoms with E-state index in [1.165, 1.54) is 49.3 Å². The van der Waals surface area contributed by atoms with E-state index in [0.717, 1.165) is 57.5 Å². The van der Waals surface area contributed by atoms with Crippen LogP contribution in [0, 0.1) is 11.8 Å². The standard InChI is InChI=1S/C37H50N2O4/c1-25(2)23-38(20-11-6-5-8-12-28-13-9-7-10-14-28)31-17-16-30-32-22-29-15-18-33(42-27(4)41)35-34(29)37(30,36(31)43-35)19-21-39(32)24-26(3)40/h7,9-10,13-15,18,25,30-32,36H,5-6,8,11-12,16-17,19-24H2,1-4H3/t30-,31+,32+,36-,37-/m0/s1. The number of nitrogens with zero attached hydrogens (tertiary/aromatic N) is 2. The molecule has 0 radical (unpaired) electrons. The van der Waals surface area contributed by atoms with Gasteiger partial charge >= 0.3 is 5.97 Å². The van der Waals surface area contributed by atoms with Crippen LogP contribution in [0.1, 0.15) is 89.3 Å². The lowest BCUT2D eigenvalue weighted by Crippen LogP contribution is -2.69. The van der Waals surface area contributed by atoms with Crippen LogP contribution in [0.5, 0.6) is 11.5 Å². The second kappa shape index (κ2) is 12.7. The summed E-state index contributed by atoms with van der Waals surface area (Å²) in [5, 5.41) is 0. The maximum atomic E-state index is 12.3. The summed E-state index contributed by atoms with van der Waals surface area (Å²) in [6, 6.07) is 15.6. The van der Waals surface area contributed by atoms with Gasteiger partial charge in [-0.2, -0.15) is 0 Å². The van der Waals surface area contributed by atoms with Crippen LogP contribution in [0.15, 0.2) is 42.5 Å². The molecule has 2 heterocycles. The van der Waals surface area contributed by atoms with Gasteiger partial charge in [0.05, 0.1) is 6.54 Å². The number of hydrogen-bond acceptors (Lipinski definition) is 6. The van der Waals surface area contributed by atoms with Gasteiger partial charge in [0.2, 0.25) is 0 Å². The SMILES string of the molecule is CC(=O)CN1CC[C@]23c4c5ccc(OC(C)=O)c4O[C@H]2[C@H](N(CCCCCCc2ccccc2)CC(C)C)CC[C@H]3[C@H]1C5. The molecule has 2 bridgehead atoms. The predicted molar refractivity (Wildman–Crippen MR) is 170 cm³/mol. The van der Waals surface area contributed by atoms with E-state index in [2.05, 4.69) is 60.0 Å². The lowest BCUT2D eigenvalue weighted by atomic mass is 9.51. The zero-order valence-electron chi connectivity index (χ0n) is 26.6. The summed E-state index contributed by atoms with van der Waals surface area (Å²) in [7, 11) is 0. The molecule has 0 amide bonds.